The molecule has 11 heteroatoms. The zero-order valence-corrected chi connectivity index (χ0v) is 42.9. The van der Waals surface area contributed by atoms with E-state index in [1.54, 1.807) is 0 Å². The number of allylic oxidation sites excluding steroid dienone is 1. The zero-order valence-electron chi connectivity index (χ0n) is 42.9. The van der Waals surface area contributed by atoms with Gasteiger partial charge in [0.25, 0.3) is 0 Å². The number of fused-ring (bicyclic) bond motifs is 5. The Labute approximate surface area is 389 Å². The van der Waals surface area contributed by atoms with Crippen LogP contribution in [0.3, 0.4) is 0 Å². The van der Waals surface area contributed by atoms with Crippen molar-refractivity contribution < 1.29 is 33.4 Å². The van der Waals surface area contributed by atoms with E-state index in [2.05, 4.69) is 56.6 Å². The van der Waals surface area contributed by atoms with Crippen LogP contribution >= 0.6 is 0 Å². The molecule has 0 aliphatic heterocycles. The van der Waals surface area contributed by atoms with Crippen molar-refractivity contribution >= 4 is 24.1 Å². The normalized spacial score (nSPS) is 28.1. The molecular weight excluding hydrogens is 805 g/mol. The predicted molar refractivity (Wildman–Crippen MR) is 258 cm³/mol. The molecule has 3 saturated carbocycles. The van der Waals surface area contributed by atoms with Crippen LogP contribution in [0.5, 0.6) is 0 Å². The first kappa shape index (κ1) is 53.8. The molecule has 4 rings (SSSR count). The topological polar surface area (TPSA) is 135 Å². The van der Waals surface area contributed by atoms with E-state index >= 15 is 0 Å². The average molecular weight is 899 g/mol. The molecule has 0 radical (unpaired) electrons. The number of hydrogen-bond donors (Lipinski definition) is 3. The van der Waals surface area contributed by atoms with Crippen molar-refractivity contribution in [3.63, 3.8) is 0 Å². The van der Waals surface area contributed by atoms with Gasteiger partial charge in [0.1, 0.15) is 17.3 Å². The number of amides is 3. The van der Waals surface area contributed by atoms with E-state index in [0.717, 1.165) is 87.1 Å². The fourth-order valence-corrected chi connectivity index (χ4v) is 12.2. The maximum absolute atomic E-state index is 13.7. The molecule has 0 aromatic rings. The summed E-state index contributed by atoms with van der Waals surface area (Å²) in [7, 11) is 0. The maximum atomic E-state index is 13.7. The van der Waals surface area contributed by atoms with E-state index in [4.69, 9.17) is 14.2 Å². The van der Waals surface area contributed by atoms with Crippen molar-refractivity contribution in [1.29, 1.82) is 0 Å². The van der Waals surface area contributed by atoms with Gasteiger partial charge in [-0.25, -0.2) is 9.59 Å². The second-order valence-electron chi connectivity index (χ2n) is 23.7. The lowest BCUT2D eigenvalue weighted by molar-refractivity contribution is -0.153. The van der Waals surface area contributed by atoms with Gasteiger partial charge in [-0.05, 0) is 185 Å². The molecule has 368 valence electrons. The summed E-state index contributed by atoms with van der Waals surface area (Å²) in [5.74, 6) is 4.41. The quantitative estimate of drug-likeness (QED) is 0.0423. The number of rotatable bonds is 22. The third-order valence-electron chi connectivity index (χ3n) is 15.6. The Morgan fingerprint density at radius 3 is 2.03 bits per heavy atom. The van der Waals surface area contributed by atoms with E-state index in [1.807, 2.05) is 60.3 Å². The first-order valence-corrected chi connectivity index (χ1v) is 25.8. The van der Waals surface area contributed by atoms with Gasteiger partial charge in [-0.3, -0.25) is 9.59 Å². The minimum atomic E-state index is -0.600. The Bertz CT molecular complexity index is 1550. The third kappa shape index (κ3) is 16.2. The van der Waals surface area contributed by atoms with Crippen LogP contribution in [-0.4, -0.2) is 84.5 Å². The number of unbranched alkanes of at least 4 members (excludes halogenated alkanes) is 1. The van der Waals surface area contributed by atoms with Crippen LogP contribution in [0.4, 0.5) is 9.59 Å². The predicted octanol–water partition coefficient (Wildman–Crippen LogP) is 11.5. The number of ether oxygens (including phenoxy) is 3. The largest absolute Gasteiger partial charge is 0.462 e. The molecule has 0 bridgehead atoms. The van der Waals surface area contributed by atoms with Crippen LogP contribution in [0, 0.1) is 46.3 Å². The van der Waals surface area contributed by atoms with Gasteiger partial charge in [0.05, 0.1) is 6.42 Å². The minimum Gasteiger partial charge on any atom is -0.462 e. The van der Waals surface area contributed by atoms with Gasteiger partial charge < -0.3 is 35.1 Å². The van der Waals surface area contributed by atoms with Gasteiger partial charge in [0.2, 0.25) is 5.91 Å². The maximum Gasteiger partial charge on any atom is 0.407 e. The standard InChI is InChI=1S/C53H94N4O7/c1-36(2)17-16-18-37(3)43-21-22-44-42-20-19-40-35-41(25-29-52(40,12)45(42)26-30-53(43,44)13)62-47(59)24-23-46(58)57(34-28-39(5)56-49(61)64-51(9,10)11)33-15-14-31-54-32-27-38(4)55-48(60)63-50(6,7)8/h19,36-39,41-45,54H,14-18,20-35H2,1-13H3,(H,55,60)(H,56,61)/t37?,38?,39?,41-,42-,43+,44-,45-,52-,53+/m0/s1. The van der Waals surface area contributed by atoms with Crippen molar-refractivity contribution in [3.05, 3.63) is 11.6 Å². The van der Waals surface area contributed by atoms with Crippen LogP contribution in [0.25, 0.3) is 0 Å². The Kier molecular flexibility index (Phi) is 20.0. The lowest BCUT2D eigenvalue weighted by atomic mass is 9.47. The molecule has 0 heterocycles. The summed E-state index contributed by atoms with van der Waals surface area (Å²) in [6.45, 7) is 29.9. The van der Waals surface area contributed by atoms with Crippen LogP contribution < -0.4 is 16.0 Å². The Balaban J connectivity index is 1.25. The first-order valence-electron chi connectivity index (χ1n) is 25.8. The summed E-state index contributed by atoms with van der Waals surface area (Å²) in [4.78, 5) is 53.4. The van der Waals surface area contributed by atoms with Crippen LogP contribution in [0.15, 0.2) is 11.6 Å². The van der Waals surface area contributed by atoms with E-state index in [1.165, 1.54) is 56.9 Å². The summed E-state index contributed by atoms with van der Waals surface area (Å²) in [5, 5.41) is 9.21. The van der Waals surface area contributed by atoms with Crippen molar-refractivity contribution in [2.24, 2.45) is 46.3 Å². The smallest absolute Gasteiger partial charge is 0.407 e. The molecule has 11 nitrogen and oxygen atoms in total. The highest BCUT2D eigenvalue weighted by molar-refractivity contribution is 5.81. The Morgan fingerprint density at radius 2 is 1.39 bits per heavy atom. The number of esters is 1. The summed E-state index contributed by atoms with van der Waals surface area (Å²) in [6.07, 6.45) is 18.2. The first-order chi connectivity index (χ1) is 29.9. The van der Waals surface area contributed by atoms with Crippen LogP contribution in [0.2, 0.25) is 0 Å². The molecule has 3 unspecified atom stereocenters. The lowest BCUT2D eigenvalue weighted by Gasteiger charge is -2.58. The number of carbonyl (C=O) groups is 4. The molecule has 0 saturated heterocycles. The molecule has 4 aliphatic rings. The fourth-order valence-electron chi connectivity index (χ4n) is 12.2. The lowest BCUT2D eigenvalue weighted by Crippen LogP contribution is -2.51. The minimum absolute atomic E-state index is 0.0272. The van der Waals surface area contributed by atoms with Gasteiger partial charge in [0, 0.05) is 38.0 Å². The Morgan fingerprint density at radius 1 is 0.734 bits per heavy atom. The second-order valence-corrected chi connectivity index (χ2v) is 23.7. The van der Waals surface area contributed by atoms with E-state index in [9.17, 15) is 19.2 Å². The highest BCUT2D eigenvalue weighted by Crippen LogP contribution is 2.67. The number of nitrogens with zero attached hydrogens (tertiary/aromatic N) is 1. The fraction of sp³-hybridized carbons (Fsp3) is 0.887. The SMILES string of the molecule is CC(C)CCCC(C)[C@H]1CC[C@H]2[C@@H]3CC=C4C[C@@H](OC(=O)CCC(=O)N(CCCCNCCC(C)NC(=O)OC(C)(C)C)CCC(C)NC(=O)OC(C)(C)C)CC[C@]4(C)[C@H]3CC[C@]12C. The summed E-state index contributed by atoms with van der Waals surface area (Å²) in [5.41, 5.74) is 1.03. The Hall–Kier alpha value is -2.82. The van der Waals surface area contributed by atoms with Gasteiger partial charge in [-0.2, -0.15) is 0 Å². The molecular formula is C53H94N4O7. The summed E-state index contributed by atoms with van der Waals surface area (Å²) in [6, 6.07) is -0.226. The molecule has 3 N–H and O–H groups in total. The molecule has 4 aliphatic carbocycles. The molecule has 10 atom stereocenters. The number of alkyl carbamates (subject to hydrolysis) is 2. The number of nitrogens with one attached hydrogen (secondary N) is 3. The van der Waals surface area contributed by atoms with Crippen LogP contribution in [0.1, 0.15) is 199 Å². The molecule has 64 heavy (non-hydrogen) atoms. The van der Waals surface area contributed by atoms with E-state index in [-0.39, 0.29) is 48.3 Å². The molecule has 0 spiro atoms. The van der Waals surface area contributed by atoms with Gasteiger partial charge in [-0.1, -0.05) is 65.5 Å². The highest BCUT2D eigenvalue weighted by atomic mass is 16.6. The molecule has 0 aromatic carbocycles. The van der Waals surface area contributed by atoms with E-state index in [0.29, 0.717) is 24.9 Å². The summed E-state index contributed by atoms with van der Waals surface area (Å²) < 4.78 is 16.9. The molecule has 3 amide bonds. The monoisotopic (exact) mass is 899 g/mol. The van der Waals surface area contributed by atoms with E-state index < -0.39 is 23.4 Å². The van der Waals surface area contributed by atoms with Crippen LogP contribution in [-0.2, 0) is 23.8 Å². The van der Waals surface area contributed by atoms with Crippen molar-refractivity contribution in [2.45, 2.75) is 229 Å². The average Bonchev–Trinajstić information content (AvgIpc) is 3.53. The van der Waals surface area contributed by atoms with Crippen molar-refractivity contribution in [1.82, 2.24) is 20.9 Å². The zero-order chi connectivity index (χ0) is 47.5. The molecule has 0 aromatic heterocycles. The van der Waals surface area contributed by atoms with Gasteiger partial charge in [0.15, 0.2) is 0 Å². The highest BCUT2D eigenvalue weighted by Gasteiger charge is 2.59. The van der Waals surface area contributed by atoms with Crippen molar-refractivity contribution in [3.8, 4) is 0 Å². The number of hydrogen-bond acceptors (Lipinski definition) is 8. The van der Waals surface area contributed by atoms with Crippen molar-refractivity contribution in [2.75, 3.05) is 26.2 Å². The second kappa shape index (κ2) is 23.8. The van der Waals surface area contributed by atoms with Gasteiger partial charge in [-0.15, -0.1) is 0 Å². The summed E-state index contributed by atoms with van der Waals surface area (Å²) >= 11 is 0. The third-order valence-corrected chi connectivity index (χ3v) is 15.6. The number of carbonyl (C=O) groups excluding carboxylic acids is 4. The molecule has 3 fully saturated rings. The van der Waals surface area contributed by atoms with Gasteiger partial charge >= 0.3 is 18.2 Å².